The standard InChI is InChI=1S/C17H18FN3O4S2/c1-21-12-2-3-17(21)20-27(24,25)16-10-6-14(7-11-16)19-26(22,23)15-8-4-13(18)5-9-15/h4-11,19H,2-3,12H2,1H3/b20-17-. The molecule has 7 nitrogen and oxygen atoms in total. The van der Waals surface area contributed by atoms with Crippen LogP contribution in [0.4, 0.5) is 10.1 Å². The van der Waals surface area contributed by atoms with Gasteiger partial charge in [0, 0.05) is 25.7 Å². The molecular weight excluding hydrogens is 393 g/mol. The first-order valence-corrected chi connectivity index (χ1v) is 11.0. The van der Waals surface area contributed by atoms with Crippen LogP contribution in [-0.4, -0.2) is 41.2 Å². The Labute approximate surface area is 157 Å². The van der Waals surface area contributed by atoms with Gasteiger partial charge in [0.2, 0.25) is 0 Å². The van der Waals surface area contributed by atoms with Crippen LogP contribution in [0.2, 0.25) is 0 Å². The van der Waals surface area contributed by atoms with Gasteiger partial charge in [-0.05, 0) is 55.0 Å². The number of likely N-dealkylation sites (tertiary alicyclic amines) is 1. The second kappa shape index (κ2) is 7.28. The number of anilines is 1. The zero-order chi connectivity index (χ0) is 19.7. The van der Waals surface area contributed by atoms with Crippen LogP contribution in [0.3, 0.4) is 0 Å². The van der Waals surface area contributed by atoms with E-state index in [9.17, 15) is 21.2 Å². The molecule has 1 fully saturated rings. The zero-order valence-corrected chi connectivity index (χ0v) is 16.1. The Kier molecular flexibility index (Phi) is 5.20. The third-order valence-electron chi connectivity index (χ3n) is 4.09. The van der Waals surface area contributed by atoms with Crippen molar-refractivity contribution in [1.29, 1.82) is 0 Å². The van der Waals surface area contributed by atoms with Crippen molar-refractivity contribution in [2.24, 2.45) is 4.40 Å². The Morgan fingerprint density at radius 2 is 1.56 bits per heavy atom. The maximum Gasteiger partial charge on any atom is 0.283 e. The van der Waals surface area contributed by atoms with E-state index in [0.29, 0.717) is 12.3 Å². The summed E-state index contributed by atoms with van der Waals surface area (Å²) < 4.78 is 68.5. The second-order valence-electron chi connectivity index (χ2n) is 6.09. The number of sulfonamides is 2. The summed E-state index contributed by atoms with van der Waals surface area (Å²) in [4.78, 5) is 1.67. The highest BCUT2D eigenvalue weighted by Gasteiger charge is 2.20. The number of benzene rings is 2. The van der Waals surface area contributed by atoms with Crippen LogP contribution in [0, 0.1) is 5.82 Å². The number of rotatable bonds is 5. The summed E-state index contributed by atoms with van der Waals surface area (Å²) >= 11 is 0. The normalized spacial score (nSPS) is 16.7. The third kappa shape index (κ3) is 4.45. The van der Waals surface area contributed by atoms with E-state index in [-0.39, 0.29) is 15.5 Å². The van der Waals surface area contributed by atoms with Gasteiger partial charge in [0.15, 0.2) is 0 Å². The first kappa shape index (κ1) is 19.3. The minimum Gasteiger partial charge on any atom is -0.362 e. The van der Waals surface area contributed by atoms with Crippen molar-refractivity contribution in [3.63, 3.8) is 0 Å². The molecule has 1 heterocycles. The summed E-state index contributed by atoms with van der Waals surface area (Å²) in [6, 6.07) is 9.63. The molecule has 1 N–H and O–H groups in total. The van der Waals surface area contributed by atoms with Gasteiger partial charge in [-0.1, -0.05) is 0 Å². The molecule has 144 valence electrons. The molecule has 10 heteroatoms. The summed E-state index contributed by atoms with van der Waals surface area (Å²) in [5.41, 5.74) is 0.184. The van der Waals surface area contributed by atoms with Gasteiger partial charge in [-0.3, -0.25) is 4.72 Å². The molecule has 0 amide bonds. The molecule has 0 aliphatic carbocycles. The van der Waals surface area contributed by atoms with Crippen LogP contribution in [0.25, 0.3) is 0 Å². The third-order valence-corrected chi connectivity index (χ3v) is 6.80. The Hall–Kier alpha value is -2.46. The van der Waals surface area contributed by atoms with Crippen LogP contribution >= 0.6 is 0 Å². The second-order valence-corrected chi connectivity index (χ2v) is 9.38. The van der Waals surface area contributed by atoms with E-state index in [4.69, 9.17) is 0 Å². The van der Waals surface area contributed by atoms with E-state index >= 15 is 0 Å². The van der Waals surface area contributed by atoms with Crippen LogP contribution in [-0.2, 0) is 20.0 Å². The summed E-state index contributed by atoms with van der Waals surface area (Å²) in [6.07, 6.45) is 1.46. The average molecular weight is 411 g/mol. The first-order valence-electron chi connectivity index (χ1n) is 8.11. The van der Waals surface area contributed by atoms with Gasteiger partial charge in [0.1, 0.15) is 11.7 Å². The molecule has 27 heavy (non-hydrogen) atoms. The van der Waals surface area contributed by atoms with Gasteiger partial charge in [0.25, 0.3) is 20.0 Å². The van der Waals surface area contributed by atoms with Gasteiger partial charge < -0.3 is 4.90 Å². The fraction of sp³-hybridized carbons (Fsp3) is 0.235. The largest absolute Gasteiger partial charge is 0.362 e. The Morgan fingerprint density at radius 1 is 0.963 bits per heavy atom. The lowest BCUT2D eigenvalue weighted by Gasteiger charge is -2.11. The molecule has 0 spiro atoms. The minimum absolute atomic E-state index is 0.0277. The van der Waals surface area contributed by atoms with Crippen LogP contribution < -0.4 is 4.72 Å². The van der Waals surface area contributed by atoms with E-state index in [1.54, 1.807) is 11.9 Å². The van der Waals surface area contributed by atoms with Gasteiger partial charge in [0.05, 0.1) is 9.79 Å². The summed E-state index contributed by atoms with van der Waals surface area (Å²) in [7, 11) is -5.98. The van der Waals surface area contributed by atoms with Gasteiger partial charge in [-0.25, -0.2) is 12.8 Å². The number of nitrogens with one attached hydrogen (secondary N) is 1. The number of hydrogen-bond donors (Lipinski definition) is 1. The van der Waals surface area contributed by atoms with Gasteiger partial charge in [-0.15, -0.1) is 4.40 Å². The van der Waals surface area contributed by atoms with E-state index in [1.807, 2.05) is 0 Å². The molecule has 2 aromatic rings. The first-order chi connectivity index (χ1) is 12.7. The lowest BCUT2D eigenvalue weighted by molar-refractivity contribution is 0.548. The molecule has 0 aromatic heterocycles. The Morgan fingerprint density at radius 3 is 2.11 bits per heavy atom. The fourth-order valence-corrected chi connectivity index (χ4v) is 4.78. The topological polar surface area (TPSA) is 95.9 Å². The highest BCUT2D eigenvalue weighted by molar-refractivity contribution is 7.92. The van der Waals surface area contributed by atoms with Gasteiger partial charge in [-0.2, -0.15) is 8.42 Å². The van der Waals surface area contributed by atoms with Crippen LogP contribution in [0.1, 0.15) is 12.8 Å². The van der Waals surface area contributed by atoms with Gasteiger partial charge >= 0.3 is 0 Å². The maximum atomic E-state index is 12.9. The van der Waals surface area contributed by atoms with E-state index in [2.05, 4.69) is 9.12 Å². The molecule has 2 aromatic carbocycles. The maximum absolute atomic E-state index is 12.9. The molecule has 0 saturated carbocycles. The molecule has 0 unspecified atom stereocenters. The lowest BCUT2D eigenvalue weighted by atomic mass is 10.3. The lowest BCUT2D eigenvalue weighted by Crippen LogP contribution is -2.20. The summed E-state index contributed by atoms with van der Waals surface area (Å²) in [6.45, 7) is 0.762. The quantitative estimate of drug-likeness (QED) is 0.815. The number of halogens is 1. The molecule has 1 aliphatic heterocycles. The minimum atomic E-state index is -3.90. The summed E-state index contributed by atoms with van der Waals surface area (Å²) in [5, 5.41) is 0. The van der Waals surface area contributed by atoms with E-state index < -0.39 is 25.9 Å². The molecule has 0 radical (unpaired) electrons. The molecule has 3 rings (SSSR count). The average Bonchev–Trinajstić information content (AvgIpc) is 2.99. The molecule has 1 aliphatic rings. The SMILES string of the molecule is CN1CCC/C1=N/S(=O)(=O)c1ccc(NS(=O)(=O)c2ccc(F)cc2)cc1. The number of hydrogen-bond acceptors (Lipinski definition) is 4. The molecule has 0 atom stereocenters. The van der Waals surface area contributed by atoms with Crippen LogP contribution in [0.5, 0.6) is 0 Å². The fourth-order valence-electron chi connectivity index (χ4n) is 2.62. The van der Waals surface area contributed by atoms with Crippen molar-refractivity contribution in [1.82, 2.24) is 4.90 Å². The van der Waals surface area contributed by atoms with Crippen molar-refractivity contribution in [3.05, 3.63) is 54.3 Å². The monoisotopic (exact) mass is 411 g/mol. The number of amidine groups is 1. The molecule has 1 saturated heterocycles. The van der Waals surface area contributed by atoms with Crippen molar-refractivity contribution >= 4 is 31.6 Å². The van der Waals surface area contributed by atoms with Crippen molar-refractivity contribution in [2.75, 3.05) is 18.3 Å². The molecular formula is C17H18FN3O4S2. The van der Waals surface area contributed by atoms with E-state index in [0.717, 1.165) is 37.2 Å². The highest BCUT2D eigenvalue weighted by atomic mass is 32.2. The van der Waals surface area contributed by atoms with E-state index in [1.165, 1.54) is 24.3 Å². The Balaban J connectivity index is 1.80. The van der Waals surface area contributed by atoms with Crippen LogP contribution in [0.15, 0.2) is 62.7 Å². The van der Waals surface area contributed by atoms with Crippen molar-refractivity contribution < 1.29 is 21.2 Å². The zero-order valence-electron chi connectivity index (χ0n) is 14.5. The van der Waals surface area contributed by atoms with Crippen molar-refractivity contribution in [2.45, 2.75) is 22.6 Å². The predicted molar refractivity (Wildman–Crippen MR) is 100 cm³/mol. The summed E-state index contributed by atoms with van der Waals surface area (Å²) in [5.74, 6) is -0.0332. The molecule has 0 bridgehead atoms. The Bertz CT molecular complexity index is 1060. The van der Waals surface area contributed by atoms with Crippen molar-refractivity contribution in [3.8, 4) is 0 Å². The number of nitrogens with zero attached hydrogens (tertiary/aromatic N) is 2. The highest BCUT2D eigenvalue weighted by Crippen LogP contribution is 2.21. The predicted octanol–water partition coefficient (Wildman–Crippen LogP) is 2.44. The smallest absolute Gasteiger partial charge is 0.283 e.